The predicted molar refractivity (Wildman–Crippen MR) is 71.2 cm³/mol. The number of nitrogens with one attached hydrogen (secondary N) is 3. The van der Waals surface area contributed by atoms with Gasteiger partial charge in [-0.15, -0.1) is 0 Å². The number of carbonyl (C=O) groups excluding carboxylic acids is 1. The fourth-order valence-corrected chi connectivity index (χ4v) is 2.26. The molecule has 6 nitrogen and oxygen atoms in total. The summed E-state index contributed by atoms with van der Waals surface area (Å²) in [5.74, 6) is -0.200. The summed E-state index contributed by atoms with van der Waals surface area (Å²) >= 11 is 0. The first-order valence-corrected chi connectivity index (χ1v) is 6.14. The molecule has 0 unspecified atom stereocenters. The Labute approximate surface area is 109 Å². The number of imidazole rings is 1. The van der Waals surface area contributed by atoms with Gasteiger partial charge in [-0.2, -0.15) is 0 Å². The van der Waals surface area contributed by atoms with Crippen LogP contribution in [0.2, 0.25) is 0 Å². The van der Waals surface area contributed by atoms with E-state index < -0.39 is 0 Å². The third-order valence-corrected chi connectivity index (χ3v) is 3.18. The minimum Gasteiger partial charge on any atom is -0.312 e. The van der Waals surface area contributed by atoms with Gasteiger partial charge in [0.05, 0.1) is 0 Å². The monoisotopic (exact) mass is 258 g/mol. The minimum atomic E-state index is -0.371. The van der Waals surface area contributed by atoms with Gasteiger partial charge in [0.1, 0.15) is 5.69 Å². The van der Waals surface area contributed by atoms with Crippen LogP contribution in [0.5, 0.6) is 0 Å². The van der Waals surface area contributed by atoms with E-state index in [4.69, 9.17) is 0 Å². The van der Waals surface area contributed by atoms with Crippen LogP contribution in [0.4, 0.5) is 5.69 Å². The van der Waals surface area contributed by atoms with Crippen molar-refractivity contribution < 1.29 is 4.79 Å². The van der Waals surface area contributed by atoms with Crippen LogP contribution >= 0.6 is 0 Å². The molecule has 2 heterocycles. The van der Waals surface area contributed by atoms with Crippen molar-refractivity contribution in [2.24, 2.45) is 0 Å². The lowest BCUT2D eigenvalue weighted by molar-refractivity contribution is 0.0983. The highest BCUT2D eigenvalue weighted by molar-refractivity contribution is 6.05. The molecule has 1 aromatic heterocycles. The first-order chi connectivity index (χ1) is 9.25. The molecule has 3 rings (SSSR count). The van der Waals surface area contributed by atoms with E-state index in [0.29, 0.717) is 6.54 Å². The minimum absolute atomic E-state index is 0.200. The van der Waals surface area contributed by atoms with Gasteiger partial charge in [-0.1, -0.05) is 18.2 Å². The number of H-pyrrole nitrogens is 2. The summed E-state index contributed by atoms with van der Waals surface area (Å²) in [6.45, 7) is 2.03. The maximum atomic E-state index is 12.4. The van der Waals surface area contributed by atoms with Gasteiger partial charge in [-0.05, 0) is 11.6 Å². The molecule has 2 aromatic rings. The number of fused-ring (bicyclic) bond motifs is 1. The molecule has 0 fully saturated rings. The lowest BCUT2D eigenvalue weighted by atomic mass is 10.1. The summed E-state index contributed by atoms with van der Waals surface area (Å²) < 4.78 is 0. The molecule has 0 radical (unpaired) electrons. The van der Waals surface area contributed by atoms with E-state index in [2.05, 4.69) is 15.3 Å². The zero-order chi connectivity index (χ0) is 13.2. The van der Waals surface area contributed by atoms with Crippen LogP contribution in [-0.4, -0.2) is 29.0 Å². The summed E-state index contributed by atoms with van der Waals surface area (Å²) in [5.41, 5.74) is 1.87. The maximum absolute atomic E-state index is 12.4. The fourth-order valence-electron chi connectivity index (χ4n) is 2.26. The quantitative estimate of drug-likeness (QED) is 0.695. The molecule has 0 saturated carbocycles. The molecule has 1 aliphatic rings. The Morgan fingerprint density at radius 2 is 2.11 bits per heavy atom. The second-order valence-corrected chi connectivity index (χ2v) is 4.42. The summed E-state index contributed by atoms with van der Waals surface area (Å²) in [6.07, 6.45) is 1.41. The second-order valence-electron chi connectivity index (χ2n) is 4.42. The number of anilines is 1. The van der Waals surface area contributed by atoms with E-state index in [0.717, 1.165) is 24.3 Å². The number of aromatic amines is 2. The number of amides is 1. The van der Waals surface area contributed by atoms with E-state index in [9.17, 15) is 9.59 Å². The van der Waals surface area contributed by atoms with Crippen molar-refractivity contribution in [3.8, 4) is 0 Å². The van der Waals surface area contributed by atoms with Gasteiger partial charge < -0.3 is 20.2 Å². The molecule has 1 aromatic carbocycles. The number of hydrogen-bond acceptors (Lipinski definition) is 3. The molecule has 1 amide bonds. The number of benzene rings is 1. The molecule has 0 bridgehead atoms. The van der Waals surface area contributed by atoms with Crippen LogP contribution in [-0.2, 0) is 6.54 Å². The van der Waals surface area contributed by atoms with Gasteiger partial charge in [0, 0.05) is 31.5 Å². The number of rotatable bonds is 1. The number of aromatic nitrogens is 2. The van der Waals surface area contributed by atoms with Gasteiger partial charge >= 0.3 is 5.69 Å². The smallest absolute Gasteiger partial charge is 0.312 e. The average Bonchev–Trinajstić information content (AvgIpc) is 2.74. The first-order valence-electron chi connectivity index (χ1n) is 6.14. The summed E-state index contributed by atoms with van der Waals surface area (Å²) in [6, 6.07) is 7.77. The van der Waals surface area contributed by atoms with Gasteiger partial charge in [-0.3, -0.25) is 4.79 Å². The Hall–Kier alpha value is -2.34. The summed E-state index contributed by atoms with van der Waals surface area (Å²) in [7, 11) is 0. The zero-order valence-corrected chi connectivity index (χ0v) is 10.3. The number of hydrogen-bond donors (Lipinski definition) is 3. The van der Waals surface area contributed by atoms with Gasteiger partial charge in [-0.25, -0.2) is 4.79 Å². The zero-order valence-electron chi connectivity index (χ0n) is 10.3. The number of nitrogens with zero attached hydrogens (tertiary/aromatic N) is 1. The average molecular weight is 258 g/mol. The molecule has 0 saturated heterocycles. The summed E-state index contributed by atoms with van der Waals surface area (Å²) in [5, 5.41) is 3.27. The highest BCUT2D eigenvalue weighted by atomic mass is 16.2. The number of carbonyl (C=O) groups is 1. The Morgan fingerprint density at radius 3 is 2.89 bits per heavy atom. The van der Waals surface area contributed by atoms with Crippen LogP contribution < -0.4 is 15.9 Å². The molecule has 0 aliphatic carbocycles. The van der Waals surface area contributed by atoms with Crippen molar-refractivity contribution in [2.45, 2.75) is 6.54 Å². The Kier molecular flexibility index (Phi) is 2.92. The van der Waals surface area contributed by atoms with Crippen LogP contribution in [0.3, 0.4) is 0 Å². The molecule has 19 heavy (non-hydrogen) atoms. The fraction of sp³-hybridized carbons (Fsp3) is 0.231. The third kappa shape index (κ3) is 2.17. The normalized spacial score (nSPS) is 14.8. The second kappa shape index (κ2) is 4.74. The van der Waals surface area contributed by atoms with E-state index in [1.165, 1.54) is 6.20 Å². The SMILES string of the molecule is O=C(c1c[nH]c(=O)[nH]1)N1CCNCc2ccccc21. The van der Waals surface area contributed by atoms with Crippen molar-refractivity contribution >= 4 is 11.6 Å². The first kappa shape index (κ1) is 11.7. The van der Waals surface area contributed by atoms with E-state index in [1.807, 2.05) is 24.3 Å². The molecule has 0 atom stereocenters. The van der Waals surface area contributed by atoms with Crippen LogP contribution in [0.1, 0.15) is 16.1 Å². The van der Waals surface area contributed by atoms with Crippen molar-refractivity contribution in [1.82, 2.24) is 15.3 Å². The molecule has 6 heteroatoms. The predicted octanol–water partition coefficient (Wildman–Crippen LogP) is 0.453. The highest BCUT2D eigenvalue weighted by Gasteiger charge is 2.22. The molecule has 3 N–H and O–H groups in total. The molecule has 1 aliphatic heterocycles. The number of para-hydroxylation sites is 1. The van der Waals surface area contributed by atoms with Gasteiger partial charge in [0.25, 0.3) is 5.91 Å². The standard InChI is InChI=1S/C13H14N4O2/c18-12(10-8-15-13(19)16-10)17-6-5-14-7-9-3-1-2-4-11(9)17/h1-4,8,14H,5-7H2,(H2,15,16,19). The van der Waals surface area contributed by atoms with Crippen LogP contribution in [0.25, 0.3) is 0 Å². The third-order valence-electron chi connectivity index (χ3n) is 3.18. The van der Waals surface area contributed by atoms with Crippen LogP contribution in [0.15, 0.2) is 35.3 Å². The lowest BCUT2D eigenvalue weighted by Gasteiger charge is -2.21. The summed E-state index contributed by atoms with van der Waals surface area (Å²) in [4.78, 5) is 30.2. The van der Waals surface area contributed by atoms with E-state index >= 15 is 0 Å². The molecular weight excluding hydrogens is 244 g/mol. The van der Waals surface area contributed by atoms with E-state index in [1.54, 1.807) is 4.90 Å². The van der Waals surface area contributed by atoms with Crippen molar-refractivity contribution in [3.05, 3.63) is 52.2 Å². The van der Waals surface area contributed by atoms with Crippen molar-refractivity contribution in [3.63, 3.8) is 0 Å². The highest BCUT2D eigenvalue weighted by Crippen LogP contribution is 2.23. The van der Waals surface area contributed by atoms with Crippen LogP contribution in [0, 0.1) is 0 Å². The Balaban J connectivity index is 2.00. The van der Waals surface area contributed by atoms with Crippen molar-refractivity contribution in [1.29, 1.82) is 0 Å². The Morgan fingerprint density at radius 1 is 1.26 bits per heavy atom. The molecule has 98 valence electrons. The topological polar surface area (TPSA) is 81.0 Å². The van der Waals surface area contributed by atoms with Gasteiger partial charge in [0.2, 0.25) is 0 Å². The van der Waals surface area contributed by atoms with Gasteiger partial charge in [0.15, 0.2) is 0 Å². The Bertz CT molecular complexity index is 658. The van der Waals surface area contributed by atoms with E-state index in [-0.39, 0.29) is 17.3 Å². The molecule has 0 spiro atoms. The largest absolute Gasteiger partial charge is 0.323 e. The molecular formula is C13H14N4O2. The maximum Gasteiger partial charge on any atom is 0.323 e. The lowest BCUT2D eigenvalue weighted by Crippen LogP contribution is -2.35. The van der Waals surface area contributed by atoms with Crippen molar-refractivity contribution in [2.75, 3.05) is 18.0 Å².